The van der Waals surface area contributed by atoms with Crippen LogP contribution in [0.4, 0.5) is 10.2 Å². The summed E-state index contributed by atoms with van der Waals surface area (Å²) in [7, 11) is 1.82. The molecule has 0 fully saturated rings. The van der Waals surface area contributed by atoms with E-state index in [9.17, 15) is 9.18 Å². The Kier molecular flexibility index (Phi) is 5.53. The van der Waals surface area contributed by atoms with Gasteiger partial charge in [-0.15, -0.1) is 11.3 Å². The van der Waals surface area contributed by atoms with Crippen LogP contribution in [0.25, 0.3) is 38.7 Å². The van der Waals surface area contributed by atoms with Crippen molar-refractivity contribution in [1.82, 2.24) is 34.3 Å². The molecule has 1 aromatic carbocycles. The molecular weight excluding hydrogens is 491 g/mol. The molecule has 0 saturated carbocycles. The fourth-order valence-electron chi connectivity index (χ4n) is 3.98. The minimum atomic E-state index is -0.310. The van der Waals surface area contributed by atoms with Gasteiger partial charge in [0.15, 0.2) is 11.5 Å². The third-order valence-electron chi connectivity index (χ3n) is 5.70. The number of thiazole rings is 1. The molecule has 11 heteroatoms. The van der Waals surface area contributed by atoms with E-state index in [0.29, 0.717) is 33.4 Å². The Hall–Kier alpha value is -4.77. The molecule has 5 heterocycles. The monoisotopic (exact) mass is 510 g/mol. The van der Waals surface area contributed by atoms with Crippen molar-refractivity contribution in [2.24, 2.45) is 7.05 Å². The lowest BCUT2D eigenvalue weighted by Gasteiger charge is -2.03. The minimum absolute atomic E-state index is 0.292. The number of carbonyl (C=O) groups is 1. The molecule has 0 unspecified atom stereocenters. The third-order valence-corrected chi connectivity index (χ3v) is 6.90. The second-order valence-electron chi connectivity index (χ2n) is 8.35. The summed E-state index contributed by atoms with van der Waals surface area (Å²) in [5, 5.41) is 12.8. The first kappa shape index (κ1) is 22.7. The average molecular weight is 511 g/mol. The van der Waals surface area contributed by atoms with Gasteiger partial charge in [0.2, 0.25) is 0 Å². The number of aromatic nitrogens is 7. The largest absolute Gasteiger partial charge is 0.304 e. The van der Waals surface area contributed by atoms with Gasteiger partial charge in [-0.2, -0.15) is 10.2 Å². The predicted molar refractivity (Wildman–Crippen MR) is 139 cm³/mol. The average Bonchev–Trinajstić information content (AvgIpc) is 3.60. The highest BCUT2D eigenvalue weighted by Gasteiger charge is 2.19. The van der Waals surface area contributed by atoms with Gasteiger partial charge in [0.05, 0.1) is 17.6 Å². The molecule has 0 aliphatic rings. The number of anilines is 1. The maximum atomic E-state index is 13.4. The summed E-state index contributed by atoms with van der Waals surface area (Å²) in [6, 6.07) is 13.6. The highest BCUT2D eigenvalue weighted by atomic mass is 32.1. The summed E-state index contributed by atoms with van der Waals surface area (Å²) in [6.45, 7) is 1.80. The number of benzene rings is 1. The van der Waals surface area contributed by atoms with Crippen molar-refractivity contribution >= 4 is 28.7 Å². The Morgan fingerprint density at radius 1 is 1.00 bits per heavy atom. The first-order valence-corrected chi connectivity index (χ1v) is 12.1. The highest BCUT2D eigenvalue weighted by molar-refractivity contribution is 7.17. The molecule has 182 valence electrons. The van der Waals surface area contributed by atoms with Crippen LogP contribution in [0.3, 0.4) is 0 Å². The normalized spacial score (nSPS) is 11.2. The van der Waals surface area contributed by atoms with Crippen molar-refractivity contribution in [3.8, 4) is 33.1 Å². The van der Waals surface area contributed by atoms with Gasteiger partial charge in [-0.25, -0.2) is 18.9 Å². The maximum absolute atomic E-state index is 13.4. The van der Waals surface area contributed by atoms with E-state index in [1.165, 1.54) is 23.5 Å². The summed E-state index contributed by atoms with van der Waals surface area (Å²) in [5.74, 6) is -0.231. The van der Waals surface area contributed by atoms with E-state index in [0.717, 1.165) is 21.7 Å². The molecule has 0 aliphatic carbocycles. The zero-order valence-corrected chi connectivity index (χ0v) is 20.6. The smallest absolute Gasteiger partial charge is 0.268 e. The Bertz CT molecular complexity index is 1760. The number of aryl methyl sites for hydroxylation is 2. The molecular formula is C26H19FN8OS. The van der Waals surface area contributed by atoms with E-state index < -0.39 is 0 Å². The Labute approximate surface area is 214 Å². The molecule has 1 amide bonds. The van der Waals surface area contributed by atoms with Crippen LogP contribution in [0.5, 0.6) is 0 Å². The van der Waals surface area contributed by atoms with Crippen molar-refractivity contribution < 1.29 is 9.18 Å². The van der Waals surface area contributed by atoms with Gasteiger partial charge < -0.3 is 5.32 Å². The lowest BCUT2D eigenvalue weighted by atomic mass is 10.1. The fourth-order valence-corrected chi connectivity index (χ4v) is 4.93. The van der Waals surface area contributed by atoms with Crippen LogP contribution in [0.1, 0.15) is 15.4 Å². The van der Waals surface area contributed by atoms with Gasteiger partial charge in [-0.05, 0) is 55.5 Å². The van der Waals surface area contributed by atoms with Crippen LogP contribution in [0, 0.1) is 12.7 Å². The number of fused-ring (bicyclic) bond motifs is 1. The quantitative estimate of drug-likeness (QED) is 0.350. The number of nitrogens with one attached hydrogen (secondary N) is 1. The molecule has 0 radical (unpaired) electrons. The SMILES string of the molecule is Cc1nc(-c2cccnc2)sc1C(=O)Nc1cn2nc(-c3cn(C)nc3-c3ccc(F)cc3)ccc2n1. The molecule has 0 bridgehead atoms. The lowest BCUT2D eigenvalue weighted by Crippen LogP contribution is -2.11. The molecule has 5 aromatic heterocycles. The number of nitrogens with zero attached hydrogens (tertiary/aromatic N) is 7. The lowest BCUT2D eigenvalue weighted by molar-refractivity contribution is 0.102. The van der Waals surface area contributed by atoms with Crippen molar-refractivity contribution in [2.75, 3.05) is 5.32 Å². The van der Waals surface area contributed by atoms with Crippen molar-refractivity contribution in [1.29, 1.82) is 0 Å². The fraction of sp³-hybridized carbons (Fsp3) is 0.0769. The van der Waals surface area contributed by atoms with Gasteiger partial charge in [0.25, 0.3) is 5.91 Å². The van der Waals surface area contributed by atoms with Gasteiger partial charge in [-0.3, -0.25) is 14.5 Å². The maximum Gasteiger partial charge on any atom is 0.268 e. The number of pyridine rings is 1. The van der Waals surface area contributed by atoms with Crippen LogP contribution in [0.2, 0.25) is 0 Å². The Morgan fingerprint density at radius 2 is 1.84 bits per heavy atom. The molecule has 1 N–H and O–H groups in total. The molecule has 0 saturated heterocycles. The number of amides is 1. The van der Waals surface area contributed by atoms with Gasteiger partial charge in [0.1, 0.15) is 21.4 Å². The number of hydrogen-bond donors (Lipinski definition) is 1. The summed E-state index contributed by atoms with van der Waals surface area (Å²) < 4.78 is 16.7. The van der Waals surface area contributed by atoms with Crippen LogP contribution in [-0.4, -0.2) is 40.3 Å². The molecule has 37 heavy (non-hydrogen) atoms. The molecule has 0 atom stereocenters. The van der Waals surface area contributed by atoms with E-state index in [1.54, 1.807) is 46.8 Å². The molecule has 0 spiro atoms. The van der Waals surface area contributed by atoms with E-state index in [4.69, 9.17) is 0 Å². The predicted octanol–water partition coefficient (Wildman–Crippen LogP) is 5.02. The topological polar surface area (TPSA) is 103 Å². The summed E-state index contributed by atoms with van der Waals surface area (Å²) >= 11 is 1.30. The Balaban J connectivity index is 1.28. The zero-order chi connectivity index (χ0) is 25.5. The van der Waals surface area contributed by atoms with E-state index in [-0.39, 0.29) is 11.7 Å². The third kappa shape index (κ3) is 4.36. The Morgan fingerprint density at radius 3 is 2.62 bits per heavy atom. The van der Waals surface area contributed by atoms with Gasteiger partial charge in [0, 0.05) is 42.3 Å². The van der Waals surface area contributed by atoms with E-state index in [2.05, 4.69) is 30.5 Å². The molecule has 6 rings (SSSR count). The van der Waals surface area contributed by atoms with Crippen LogP contribution >= 0.6 is 11.3 Å². The first-order valence-electron chi connectivity index (χ1n) is 11.3. The minimum Gasteiger partial charge on any atom is -0.304 e. The van der Waals surface area contributed by atoms with Crippen LogP contribution in [0.15, 0.2) is 73.3 Å². The van der Waals surface area contributed by atoms with E-state index >= 15 is 0 Å². The summed E-state index contributed by atoms with van der Waals surface area (Å²) in [5.41, 5.74) is 4.98. The van der Waals surface area contributed by atoms with Gasteiger partial charge in [-0.1, -0.05) is 0 Å². The summed E-state index contributed by atoms with van der Waals surface area (Å²) in [4.78, 5) is 26.6. The van der Waals surface area contributed by atoms with Crippen molar-refractivity contribution in [3.63, 3.8) is 0 Å². The van der Waals surface area contributed by atoms with Crippen molar-refractivity contribution in [2.45, 2.75) is 6.92 Å². The van der Waals surface area contributed by atoms with E-state index in [1.807, 2.05) is 37.5 Å². The van der Waals surface area contributed by atoms with Gasteiger partial charge >= 0.3 is 0 Å². The second kappa shape index (κ2) is 9.03. The number of halogens is 1. The van der Waals surface area contributed by atoms with Crippen molar-refractivity contribution in [3.05, 3.63) is 89.7 Å². The van der Waals surface area contributed by atoms with Crippen LogP contribution < -0.4 is 5.32 Å². The zero-order valence-electron chi connectivity index (χ0n) is 19.8. The number of imidazole rings is 1. The number of rotatable bonds is 5. The van der Waals surface area contributed by atoms with Crippen LogP contribution in [-0.2, 0) is 7.05 Å². The first-order chi connectivity index (χ1) is 17.9. The standard InChI is InChI=1S/C26H19FN8OS/c1-15-24(37-26(29-15)17-4-3-11-28-12-17)25(36)31-21-14-35-22(30-21)10-9-20(32-35)19-13-34(2)33-23(19)16-5-7-18(27)8-6-16/h3-14H,1-2H3,(H,31,36). The highest BCUT2D eigenvalue weighted by Crippen LogP contribution is 2.31. The molecule has 6 aromatic rings. The molecule has 9 nitrogen and oxygen atoms in total. The molecule has 0 aliphatic heterocycles. The summed E-state index contributed by atoms with van der Waals surface area (Å²) in [6.07, 6.45) is 6.93. The second-order valence-corrected chi connectivity index (χ2v) is 9.35. The number of hydrogen-bond acceptors (Lipinski definition) is 7. The number of carbonyl (C=O) groups excluding carboxylic acids is 1.